The normalized spacial score (nSPS) is 18.9. The number of hydrogen-bond acceptors (Lipinski definition) is 3. The smallest absolute Gasteiger partial charge is 0.328 e. The van der Waals surface area contributed by atoms with Crippen LogP contribution in [0.3, 0.4) is 0 Å². The zero-order valence-corrected chi connectivity index (χ0v) is 12.1. The average Bonchev–Trinajstić information content (AvgIpc) is 2.46. The molecule has 1 heterocycles. The molecule has 1 saturated heterocycles. The van der Waals surface area contributed by atoms with Crippen LogP contribution in [0.25, 0.3) is 6.08 Å². The van der Waals surface area contributed by atoms with Gasteiger partial charge in [-0.05, 0) is 43.0 Å². The highest BCUT2D eigenvalue weighted by Gasteiger charge is 2.17. The molecule has 1 N–H and O–H groups in total. The third-order valence-electron chi connectivity index (χ3n) is 3.55. The minimum absolute atomic E-state index is 0.148. The summed E-state index contributed by atoms with van der Waals surface area (Å²) in [6.45, 7) is 1.43. The van der Waals surface area contributed by atoms with Crippen LogP contribution in [-0.4, -0.2) is 37.4 Å². The summed E-state index contributed by atoms with van der Waals surface area (Å²) in [5, 5.41) is 8.57. The van der Waals surface area contributed by atoms with Gasteiger partial charge in [-0.3, -0.25) is 0 Å². The van der Waals surface area contributed by atoms with Gasteiger partial charge in [-0.15, -0.1) is 0 Å². The summed E-state index contributed by atoms with van der Waals surface area (Å²) in [5.74, 6) is -1.41. The molecule has 1 aromatic carbocycles. The zero-order chi connectivity index (χ0) is 15.2. The van der Waals surface area contributed by atoms with Crippen molar-refractivity contribution in [3.05, 3.63) is 35.7 Å². The Kier molecular flexibility index (Phi) is 5.33. The molecular formula is C16H20FNO3. The Morgan fingerprint density at radius 2 is 2.33 bits per heavy atom. The number of likely N-dealkylation sites (N-methyl/N-ethyl adjacent to an activating group) is 1. The van der Waals surface area contributed by atoms with Gasteiger partial charge in [-0.1, -0.05) is 6.07 Å². The Morgan fingerprint density at radius 1 is 1.52 bits per heavy atom. The van der Waals surface area contributed by atoms with E-state index in [1.807, 2.05) is 11.9 Å². The van der Waals surface area contributed by atoms with E-state index in [4.69, 9.17) is 9.84 Å². The van der Waals surface area contributed by atoms with Crippen molar-refractivity contribution in [2.24, 2.45) is 0 Å². The van der Waals surface area contributed by atoms with Gasteiger partial charge in [-0.2, -0.15) is 0 Å². The fourth-order valence-electron chi connectivity index (χ4n) is 2.46. The average molecular weight is 293 g/mol. The van der Waals surface area contributed by atoms with Crippen LogP contribution in [0.15, 0.2) is 24.3 Å². The van der Waals surface area contributed by atoms with Crippen LogP contribution >= 0.6 is 0 Å². The molecule has 1 aliphatic rings. The maximum Gasteiger partial charge on any atom is 0.328 e. The predicted molar refractivity (Wildman–Crippen MR) is 79.9 cm³/mol. The summed E-state index contributed by atoms with van der Waals surface area (Å²) >= 11 is 0. The molecule has 0 bridgehead atoms. The van der Waals surface area contributed by atoms with E-state index >= 15 is 0 Å². The molecule has 1 aliphatic heterocycles. The molecule has 0 spiro atoms. The third-order valence-corrected chi connectivity index (χ3v) is 3.55. The largest absolute Gasteiger partial charge is 0.478 e. The van der Waals surface area contributed by atoms with Gasteiger partial charge in [0.2, 0.25) is 0 Å². The van der Waals surface area contributed by atoms with Gasteiger partial charge < -0.3 is 14.7 Å². The van der Waals surface area contributed by atoms with Crippen molar-refractivity contribution in [2.45, 2.75) is 25.4 Å². The minimum Gasteiger partial charge on any atom is -0.478 e. The second-order valence-electron chi connectivity index (χ2n) is 5.25. The van der Waals surface area contributed by atoms with E-state index in [1.54, 1.807) is 12.1 Å². The van der Waals surface area contributed by atoms with E-state index in [9.17, 15) is 9.18 Å². The van der Waals surface area contributed by atoms with E-state index < -0.39 is 5.97 Å². The van der Waals surface area contributed by atoms with Crippen LogP contribution in [0.5, 0.6) is 0 Å². The van der Waals surface area contributed by atoms with Gasteiger partial charge in [0.05, 0.1) is 11.8 Å². The lowest BCUT2D eigenvalue weighted by molar-refractivity contribution is -0.131. The molecule has 4 nitrogen and oxygen atoms in total. The van der Waals surface area contributed by atoms with Crippen LogP contribution < -0.4 is 4.90 Å². The summed E-state index contributed by atoms with van der Waals surface area (Å²) in [5.41, 5.74) is 1.03. The highest BCUT2D eigenvalue weighted by Crippen LogP contribution is 2.22. The van der Waals surface area contributed by atoms with Crippen molar-refractivity contribution >= 4 is 17.7 Å². The summed E-state index contributed by atoms with van der Waals surface area (Å²) in [6.07, 6.45) is 5.77. The molecule has 1 unspecified atom stereocenters. The molecule has 1 fully saturated rings. The zero-order valence-electron chi connectivity index (χ0n) is 12.1. The fraction of sp³-hybridized carbons (Fsp3) is 0.438. The van der Waals surface area contributed by atoms with Crippen LogP contribution in [0.1, 0.15) is 24.8 Å². The summed E-state index contributed by atoms with van der Waals surface area (Å²) in [4.78, 5) is 12.3. The number of aliphatic carboxylic acids is 1. The summed E-state index contributed by atoms with van der Waals surface area (Å²) in [7, 11) is 1.84. The molecule has 0 saturated carbocycles. The van der Waals surface area contributed by atoms with Gasteiger partial charge >= 0.3 is 5.97 Å². The van der Waals surface area contributed by atoms with E-state index in [1.165, 1.54) is 12.1 Å². The summed E-state index contributed by atoms with van der Waals surface area (Å²) < 4.78 is 19.8. The Hall–Kier alpha value is -1.88. The fourth-order valence-corrected chi connectivity index (χ4v) is 2.46. The quantitative estimate of drug-likeness (QED) is 0.848. The van der Waals surface area contributed by atoms with Crippen molar-refractivity contribution in [1.29, 1.82) is 0 Å². The molecule has 1 aromatic rings. The Balaban J connectivity index is 2.03. The molecule has 0 aromatic heterocycles. The molecule has 1 atom stereocenters. The molecule has 5 heteroatoms. The van der Waals surface area contributed by atoms with E-state index in [2.05, 4.69) is 0 Å². The monoisotopic (exact) mass is 293 g/mol. The van der Waals surface area contributed by atoms with Gasteiger partial charge in [-0.25, -0.2) is 9.18 Å². The van der Waals surface area contributed by atoms with Crippen molar-refractivity contribution < 1.29 is 19.0 Å². The van der Waals surface area contributed by atoms with Crippen molar-refractivity contribution in [3.8, 4) is 0 Å². The molecule has 21 heavy (non-hydrogen) atoms. The predicted octanol–water partition coefficient (Wildman–Crippen LogP) is 2.93. The lowest BCUT2D eigenvalue weighted by atomic mass is 10.1. The van der Waals surface area contributed by atoms with Crippen molar-refractivity contribution in [2.75, 3.05) is 25.1 Å². The van der Waals surface area contributed by atoms with Gasteiger partial charge in [0.25, 0.3) is 0 Å². The number of hydrogen-bond donors (Lipinski definition) is 1. The topological polar surface area (TPSA) is 49.8 Å². The number of carboxylic acids is 1. The van der Waals surface area contributed by atoms with Crippen LogP contribution in [0.2, 0.25) is 0 Å². The number of carboxylic acid groups (broad SMARTS) is 1. The lowest BCUT2D eigenvalue weighted by Crippen LogP contribution is -2.33. The molecule has 0 amide bonds. The second-order valence-corrected chi connectivity index (χ2v) is 5.25. The SMILES string of the molecule is CN(CC1CCCCO1)c1ccc(C=CC(=O)O)cc1F. The van der Waals surface area contributed by atoms with Crippen LogP contribution in [0.4, 0.5) is 10.1 Å². The minimum atomic E-state index is -1.05. The maximum atomic E-state index is 14.1. The molecular weight excluding hydrogens is 273 g/mol. The standard InChI is InChI=1S/C16H20FNO3/c1-18(11-13-4-2-3-9-21-13)15-7-5-12(10-14(15)17)6-8-16(19)20/h5-8,10,13H,2-4,9,11H2,1H3,(H,19,20). The van der Waals surface area contributed by atoms with Gasteiger partial charge in [0, 0.05) is 26.3 Å². The number of halogens is 1. The Morgan fingerprint density at radius 3 is 2.95 bits per heavy atom. The van der Waals surface area contributed by atoms with E-state index in [0.717, 1.165) is 31.9 Å². The Bertz CT molecular complexity index is 524. The first-order valence-corrected chi connectivity index (χ1v) is 7.09. The maximum absolute atomic E-state index is 14.1. The number of ether oxygens (including phenoxy) is 1. The second kappa shape index (κ2) is 7.22. The molecule has 114 valence electrons. The highest BCUT2D eigenvalue weighted by molar-refractivity contribution is 5.85. The van der Waals surface area contributed by atoms with Crippen molar-refractivity contribution in [1.82, 2.24) is 0 Å². The highest BCUT2D eigenvalue weighted by atomic mass is 19.1. The third kappa shape index (κ3) is 4.56. The van der Waals surface area contributed by atoms with Crippen LogP contribution in [-0.2, 0) is 9.53 Å². The molecule has 0 aliphatic carbocycles. The number of anilines is 1. The number of benzene rings is 1. The van der Waals surface area contributed by atoms with E-state index in [0.29, 0.717) is 17.8 Å². The first-order valence-electron chi connectivity index (χ1n) is 7.09. The first kappa shape index (κ1) is 15.5. The molecule has 2 rings (SSSR count). The Labute approximate surface area is 123 Å². The first-order chi connectivity index (χ1) is 10.1. The number of nitrogens with zero attached hydrogens (tertiary/aromatic N) is 1. The van der Waals surface area contributed by atoms with Gasteiger partial charge in [0.1, 0.15) is 5.82 Å². The number of carbonyl (C=O) groups is 1. The van der Waals surface area contributed by atoms with E-state index in [-0.39, 0.29) is 11.9 Å². The van der Waals surface area contributed by atoms with Gasteiger partial charge in [0.15, 0.2) is 0 Å². The lowest BCUT2D eigenvalue weighted by Gasteiger charge is -2.28. The summed E-state index contributed by atoms with van der Waals surface area (Å²) in [6, 6.07) is 4.71. The molecule has 0 radical (unpaired) electrons. The van der Waals surface area contributed by atoms with Crippen molar-refractivity contribution in [3.63, 3.8) is 0 Å². The van der Waals surface area contributed by atoms with Crippen LogP contribution in [0, 0.1) is 5.82 Å². The number of rotatable bonds is 5.